The van der Waals surface area contributed by atoms with Crippen LogP contribution in [0.3, 0.4) is 0 Å². The number of hydrogen-bond acceptors (Lipinski definition) is 5. The van der Waals surface area contributed by atoms with Crippen molar-refractivity contribution in [3.8, 4) is 0 Å². The maximum Gasteiger partial charge on any atom is 0.417 e. The minimum Gasteiger partial charge on any atom is -0.362 e. The molecule has 0 bridgehead atoms. The number of hydrogen-bond donors (Lipinski definition) is 1. The highest BCUT2D eigenvalue weighted by Gasteiger charge is 2.39. The number of nitrogens with zero attached hydrogens (tertiary/aromatic N) is 1. The maximum absolute atomic E-state index is 13.0. The van der Waals surface area contributed by atoms with E-state index >= 15 is 0 Å². The van der Waals surface area contributed by atoms with Gasteiger partial charge < -0.3 is 9.84 Å². The average Bonchev–Trinajstić information content (AvgIpc) is 2.52. The van der Waals surface area contributed by atoms with Gasteiger partial charge in [0.15, 0.2) is 11.6 Å². The fourth-order valence-electron chi connectivity index (χ4n) is 2.31. The van der Waals surface area contributed by atoms with E-state index in [1.807, 2.05) is 0 Å². The first-order valence-corrected chi connectivity index (χ1v) is 6.63. The van der Waals surface area contributed by atoms with Gasteiger partial charge in [-0.3, -0.25) is 14.9 Å². The summed E-state index contributed by atoms with van der Waals surface area (Å²) < 4.78 is 43.8. The molecule has 0 heterocycles. The molecular formula is C15H12F3NO5. The molecule has 0 aliphatic heterocycles. The second-order valence-corrected chi connectivity index (χ2v) is 5.09. The van der Waals surface area contributed by atoms with E-state index in [9.17, 15) is 33.2 Å². The van der Waals surface area contributed by atoms with Crippen LogP contribution in [0.1, 0.15) is 22.3 Å². The van der Waals surface area contributed by atoms with Crippen LogP contribution in [-0.4, -0.2) is 28.7 Å². The SMILES string of the molecule is COC1(O)C=C([N+](=O)[O-])C=C(C(=O)c2ccccc2C(F)(F)F)C1. The van der Waals surface area contributed by atoms with Crippen molar-refractivity contribution in [1.82, 2.24) is 0 Å². The van der Waals surface area contributed by atoms with E-state index in [0.29, 0.717) is 0 Å². The molecule has 0 fully saturated rings. The van der Waals surface area contributed by atoms with Gasteiger partial charge in [0.25, 0.3) is 5.70 Å². The van der Waals surface area contributed by atoms with E-state index in [-0.39, 0.29) is 5.57 Å². The fourth-order valence-corrected chi connectivity index (χ4v) is 2.31. The maximum atomic E-state index is 13.0. The van der Waals surface area contributed by atoms with Crippen LogP contribution in [-0.2, 0) is 10.9 Å². The van der Waals surface area contributed by atoms with Gasteiger partial charge in [0, 0.05) is 30.7 Å². The van der Waals surface area contributed by atoms with E-state index in [4.69, 9.17) is 4.74 Å². The summed E-state index contributed by atoms with van der Waals surface area (Å²) in [7, 11) is 1.06. The summed E-state index contributed by atoms with van der Waals surface area (Å²) in [6.45, 7) is 0. The molecule has 6 nitrogen and oxygen atoms in total. The van der Waals surface area contributed by atoms with E-state index in [2.05, 4.69) is 0 Å². The van der Waals surface area contributed by atoms with Crippen LogP contribution < -0.4 is 0 Å². The van der Waals surface area contributed by atoms with Gasteiger partial charge in [0.2, 0.25) is 0 Å². The predicted molar refractivity (Wildman–Crippen MR) is 75.5 cm³/mol. The van der Waals surface area contributed by atoms with Crippen LogP contribution in [0.25, 0.3) is 0 Å². The third-order valence-corrected chi connectivity index (χ3v) is 3.47. The highest BCUT2D eigenvalue weighted by molar-refractivity contribution is 6.10. The molecule has 0 spiro atoms. The zero-order chi connectivity index (χ0) is 18.1. The normalized spacial score (nSPS) is 21.0. The molecule has 1 aliphatic carbocycles. The highest BCUT2D eigenvalue weighted by atomic mass is 19.4. The highest BCUT2D eigenvalue weighted by Crippen LogP contribution is 2.35. The minimum atomic E-state index is -4.76. The molecule has 2 rings (SSSR count). The molecule has 1 aromatic carbocycles. The number of benzene rings is 1. The van der Waals surface area contributed by atoms with Gasteiger partial charge in [0.05, 0.1) is 16.6 Å². The molecule has 0 saturated heterocycles. The van der Waals surface area contributed by atoms with Crippen LogP contribution in [0.2, 0.25) is 0 Å². The van der Waals surface area contributed by atoms with Gasteiger partial charge in [-0.1, -0.05) is 18.2 Å². The summed E-state index contributed by atoms with van der Waals surface area (Å²) in [6, 6.07) is 4.09. The number of methoxy groups -OCH3 is 1. The van der Waals surface area contributed by atoms with E-state index < -0.39 is 45.9 Å². The Labute approximate surface area is 134 Å². The summed E-state index contributed by atoms with van der Waals surface area (Å²) in [5, 5.41) is 21.0. The number of halogens is 3. The Kier molecular flexibility index (Phi) is 4.59. The zero-order valence-corrected chi connectivity index (χ0v) is 12.3. The third kappa shape index (κ3) is 3.52. The Balaban J connectivity index is 2.51. The zero-order valence-electron chi connectivity index (χ0n) is 12.3. The molecule has 1 atom stereocenters. The van der Waals surface area contributed by atoms with Crippen molar-refractivity contribution in [1.29, 1.82) is 0 Å². The lowest BCUT2D eigenvalue weighted by molar-refractivity contribution is -0.421. The number of nitro groups is 1. The average molecular weight is 343 g/mol. The van der Waals surface area contributed by atoms with E-state index in [0.717, 1.165) is 37.5 Å². The Morgan fingerprint density at radius 1 is 1.38 bits per heavy atom. The van der Waals surface area contributed by atoms with Crippen molar-refractivity contribution in [3.05, 3.63) is 68.9 Å². The topological polar surface area (TPSA) is 89.7 Å². The van der Waals surface area contributed by atoms with Crippen molar-refractivity contribution < 1.29 is 32.7 Å². The largest absolute Gasteiger partial charge is 0.417 e. The number of ether oxygens (including phenoxy) is 1. The number of carbonyl (C=O) groups is 1. The molecule has 0 aromatic heterocycles. The number of rotatable bonds is 4. The van der Waals surface area contributed by atoms with Crippen molar-refractivity contribution in [3.63, 3.8) is 0 Å². The lowest BCUT2D eigenvalue weighted by Gasteiger charge is -2.26. The predicted octanol–water partition coefficient (Wildman–Crippen LogP) is 2.71. The Morgan fingerprint density at radius 2 is 2.00 bits per heavy atom. The standard InChI is InChI=1S/C15H12F3NO5/c1-24-14(21)7-9(6-10(8-14)19(22)23)13(20)11-4-2-3-5-12(11)15(16,17)18/h2-6,8,21H,7H2,1H3. The number of carbonyl (C=O) groups excluding carboxylic acids is 1. The van der Waals surface area contributed by atoms with Gasteiger partial charge in [0.1, 0.15) is 0 Å². The van der Waals surface area contributed by atoms with Crippen molar-refractivity contribution in [2.75, 3.05) is 7.11 Å². The first-order chi connectivity index (χ1) is 11.1. The molecule has 24 heavy (non-hydrogen) atoms. The Hall–Kier alpha value is -2.52. The molecule has 1 N–H and O–H groups in total. The number of ketones is 1. The van der Waals surface area contributed by atoms with Crippen LogP contribution in [0.5, 0.6) is 0 Å². The number of aliphatic hydroxyl groups is 1. The molecule has 1 aromatic rings. The lowest BCUT2D eigenvalue weighted by Crippen LogP contribution is -2.34. The van der Waals surface area contributed by atoms with Crippen LogP contribution >= 0.6 is 0 Å². The van der Waals surface area contributed by atoms with Crippen molar-refractivity contribution >= 4 is 5.78 Å². The first kappa shape index (κ1) is 17.8. The molecule has 1 unspecified atom stereocenters. The van der Waals surface area contributed by atoms with E-state index in [1.54, 1.807) is 0 Å². The monoisotopic (exact) mass is 343 g/mol. The molecule has 9 heteroatoms. The summed E-state index contributed by atoms with van der Waals surface area (Å²) in [4.78, 5) is 22.5. The van der Waals surface area contributed by atoms with Gasteiger partial charge in [-0.2, -0.15) is 13.2 Å². The first-order valence-electron chi connectivity index (χ1n) is 6.63. The molecule has 0 amide bonds. The van der Waals surface area contributed by atoms with Crippen LogP contribution in [0, 0.1) is 10.1 Å². The number of alkyl halides is 3. The fraction of sp³-hybridized carbons (Fsp3) is 0.267. The Morgan fingerprint density at radius 3 is 2.54 bits per heavy atom. The quantitative estimate of drug-likeness (QED) is 0.393. The van der Waals surface area contributed by atoms with Crippen LogP contribution in [0.15, 0.2) is 47.7 Å². The summed E-state index contributed by atoms with van der Waals surface area (Å²) in [5.74, 6) is -3.21. The molecule has 0 radical (unpaired) electrons. The van der Waals surface area contributed by atoms with Gasteiger partial charge in [-0.15, -0.1) is 0 Å². The number of allylic oxidation sites excluding steroid dienone is 1. The molecule has 1 aliphatic rings. The van der Waals surface area contributed by atoms with Gasteiger partial charge >= 0.3 is 6.18 Å². The Bertz CT molecular complexity index is 754. The lowest BCUT2D eigenvalue weighted by atomic mass is 9.89. The molecular weight excluding hydrogens is 331 g/mol. The van der Waals surface area contributed by atoms with Crippen molar-refractivity contribution in [2.45, 2.75) is 18.4 Å². The molecule has 128 valence electrons. The van der Waals surface area contributed by atoms with Crippen molar-refractivity contribution in [2.24, 2.45) is 0 Å². The smallest absolute Gasteiger partial charge is 0.362 e. The minimum absolute atomic E-state index is 0.356. The number of Topliss-reactive ketones (excluding diaryl/α,β-unsaturated/α-hetero) is 1. The summed E-state index contributed by atoms with van der Waals surface area (Å²) in [5.41, 5.74) is -2.81. The van der Waals surface area contributed by atoms with Gasteiger partial charge in [-0.05, 0) is 6.07 Å². The third-order valence-electron chi connectivity index (χ3n) is 3.47. The van der Waals surface area contributed by atoms with E-state index in [1.165, 1.54) is 6.07 Å². The summed E-state index contributed by atoms with van der Waals surface area (Å²) in [6.07, 6.45) is -3.64. The summed E-state index contributed by atoms with van der Waals surface area (Å²) >= 11 is 0. The second-order valence-electron chi connectivity index (χ2n) is 5.09. The second kappa shape index (κ2) is 6.17. The molecule has 0 saturated carbocycles. The van der Waals surface area contributed by atoms with Gasteiger partial charge in [-0.25, -0.2) is 0 Å². The van der Waals surface area contributed by atoms with Crippen LogP contribution in [0.4, 0.5) is 13.2 Å².